The van der Waals surface area contributed by atoms with E-state index in [-0.39, 0.29) is 23.7 Å². The first-order chi connectivity index (χ1) is 16.7. The molecule has 11 nitrogen and oxygen atoms in total. The number of hydrogen-bond acceptors (Lipinski definition) is 7. The molecule has 4 heterocycles. The highest BCUT2D eigenvalue weighted by molar-refractivity contribution is 6.07. The molecule has 2 saturated heterocycles. The topological polar surface area (TPSA) is 133 Å². The van der Waals surface area contributed by atoms with E-state index in [4.69, 9.17) is 4.74 Å². The number of likely N-dealkylation sites (tertiary alicyclic amines) is 1. The van der Waals surface area contributed by atoms with Gasteiger partial charge in [0.1, 0.15) is 22.9 Å². The van der Waals surface area contributed by atoms with Crippen molar-refractivity contribution in [2.45, 2.75) is 78.6 Å². The molecule has 0 radical (unpaired) electrons. The van der Waals surface area contributed by atoms with E-state index in [1.165, 1.54) is 4.90 Å². The van der Waals surface area contributed by atoms with Gasteiger partial charge in [-0.15, -0.1) is 0 Å². The first-order valence-electron chi connectivity index (χ1n) is 12.1. The molecule has 0 saturated carbocycles. The number of amides is 4. The second kappa shape index (κ2) is 8.76. The van der Waals surface area contributed by atoms with E-state index in [1.54, 1.807) is 31.9 Å². The number of ether oxygens (including phenoxy) is 1. The van der Waals surface area contributed by atoms with Crippen molar-refractivity contribution in [3.8, 4) is 6.07 Å². The molecule has 1 spiro atoms. The number of nitriles is 1. The normalized spacial score (nSPS) is 18.0. The molecule has 0 aromatic carbocycles. The van der Waals surface area contributed by atoms with Crippen LogP contribution in [0.15, 0.2) is 12.3 Å². The Morgan fingerprint density at radius 1 is 1.19 bits per heavy atom. The molecule has 192 valence electrons. The van der Waals surface area contributed by atoms with Crippen molar-refractivity contribution in [1.82, 2.24) is 29.7 Å². The Hall–Kier alpha value is -3.68. The summed E-state index contributed by atoms with van der Waals surface area (Å²) in [6.07, 6.45) is 1.80. The highest BCUT2D eigenvalue weighted by Gasteiger charge is 2.53. The molecule has 2 aliphatic rings. The van der Waals surface area contributed by atoms with Crippen LogP contribution in [-0.2, 0) is 22.6 Å². The van der Waals surface area contributed by atoms with Gasteiger partial charge in [0.05, 0.1) is 6.54 Å². The Kier molecular flexibility index (Phi) is 6.19. The summed E-state index contributed by atoms with van der Waals surface area (Å²) >= 11 is 0. The number of rotatable bonds is 3. The second-order valence-corrected chi connectivity index (χ2v) is 11.7. The highest BCUT2D eigenvalue weighted by Crippen LogP contribution is 2.32. The fourth-order valence-electron chi connectivity index (χ4n) is 4.65. The summed E-state index contributed by atoms with van der Waals surface area (Å²) in [6.45, 7) is 12.9. The fraction of sp³-hybridized carbons (Fsp3) is 0.600. The van der Waals surface area contributed by atoms with Crippen LogP contribution in [0, 0.1) is 16.7 Å². The number of nitrogens with zero attached hydrogens (tertiary/aromatic N) is 6. The minimum absolute atomic E-state index is 0.0630. The standard InChI is InChI=1S/C25H33N7O4/c1-23(2,3)15-32-17(11-16-13-27-18(12-26)28-19(16)32)14-31-20(33)25(29-21(31)34)7-9-30(10-8-25)22(35)36-24(4,5)6/h11,13H,7-10,14-15H2,1-6H3,(H,29,34). The van der Waals surface area contributed by atoms with Crippen molar-refractivity contribution in [3.05, 3.63) is 23.8 Å². The molecule has 0 aliphatic carbocycles. The van der Waals surface area contributed by atoms with Gasteiger partial charge in [-0.25, -0.2) is 19.6 Å². The monoisotopic (exact) mass is 495 g/mol. The van der Waals surface area contributed by atoms with Crippen molar-refractivity contribution in [2.24, 2.45) is 5.41 Å². The molecular weight excluding hydrogens is 462 g/mol. The molecule has 0 atom stereocenters. The first-order valence-corrected chi connectivity index (χ1v) is 12.1. The maximum Gasteiger partial charge on any atom is 0.410 e. The molecule has 2 aliphatic heterocycles. The summed E-state index contributed by atoms with van der Waals surface area (Å²) in [6, 6.07) is 3.37. The minimum Gasteiger partial charge on any atom is -0.444 e. The molecule has 0 unspecified atom stereocenters. The second-order valence-electron chi connectivity index (χ2n) is 11.7. The molecule has 0 bridgehead atoms. The SMILES string of the molecule is CC(C)(C)Cn1c(CN2C(=O)NC3(CCN(C(=O)OC(C)(C)C)CC3)C2=O)cc2cnc(C#N)nc21. The van der Waals surface area contributed by atoms with Crippen molar-refractivity contribution >= 4 is 29.1 Å². The van der Waals surface area contributed by atoms with Crippen LogP contribution in [0.5, 0.6) is 0 Å². The molecular formula is C25H33N7O4. The van der Waals surface area contributed by atoms with Crippen LogP contribution in [0.3, 0.4) is 0 Å². The molecule has 36 heavy (non-hydrogen) atoms. The van der Waals surface area contributed by atoms with Gasteiger partial charge >= 0.3 is 12.1 Å². The van der Waals surface area contributed by atoms with E-state index in [1.807, 2.05) is 16.7 Å². The zero-order valence-corrected chi connectivity index (χ0v) is 21.7. The highest BCUT2D eigenvalue weighted by atomic mass is 16.6. The predicted molar refractivity (Wildman–Crippen MR) is 131 cm³/mol. The summed E-state index contributed by atoms with van der Waals surface area (Å²) < 4.78 is 7.40. The van der Waals surface area contributed by atoms with E-state index in [2.05, 4.69) is 36.1 Å². The van der Waals surface area contributed by atoms with Crippen LogP contribution in [0.1, 0.15) is 65.9 Å². The Balaban J connectivity index is 1.56. The van der Waals surface area contributed by atoms with Crippen molar-refractivity contribution in [3.63, 3.8) is 0 Å². The number of fused-ring (bicyclic) bond motifs is 1. The average Bonchev–Trinajstić information content (AvgIpc) is 3.21. The van der Waals surface area contributed by atoms with E-state index in [0.717, 1.165) is 11.1 Å². The summed E-state index contributed by atoms with van der Waals surface area (Å²) in [5.41, 5.74) is -0.435. The first kappa shape index (κ1) is 25.4. The molecule has 4 rings (SSSR count). The quantitative estimate of drug-likeness (QED) is 0.647. The van der Waals surface area contributed by atoms with Gasteiger partial charge in [-0.3, -0.25) is 9.69 Å². The molecule has 2 aromatic rings. The lowest BCUT2D eigenvalue weighted by atomic mass is 9.87. The van der Waals surface area contributed by atoms with Crippen LogP contribution < -0.4 is 5.32 Å². The van der Waals surface area contributed by atoms with Gasteiger partial charge < -0.3 is 19.5 Å². The van der Waals surface area contributed by atoms with Crippen LogP contribution in [0.4, 0.5) is 9.59 Å². The average molecular weight is 496 g/mol. The van der Waals surface area contributed by atoms with Crippen molar-refractivity contribution in [2.75, 3.05) is 13.1 Å². The number of piperidine rings is 1. The largest absolute Gasteiger partial charge is 0.444 e. The predicted octanol–water partition coefficient (Wildman–Crippen LogP) is 3.17. The third-order valence-corrected chi connectivity index (χ3v) is 6.29. The lowest BCUT2D eigenvalue weighted by molar-refractivity contribution is -0.133. The molecule has 11 heteroatoms. The van der Waals surface area contributed by atoms with Gasteiger partial charge in [0.25, 0.3) is 5.91 Å². The number of nitrogens with one attached hydrogen (secondary N) is 1. The summed E-state index contributed by atoms with van der Waals surface area (Å²) in [7, 11) is 0. The number of aromatic nitrogens is 3. The fourth-order valence-corrected chi connectivity index (χ4v) is 4.65. The lowest BCUT2D eigenvalue weighted by Crippen LogP contribution is -2.56. The maximum absolute atomic E-state index is 13.5. The van der Waals surface area contributed by atoms with Crippen LogP contribution in [-0.4, -0.2) is 66.6 Å². The molecule has 4 amide bonds. The van der Waals surface area contributed by atoms with Crippen LogP contribution in [0.25, 0.3) is 11.0 Å². The minimum atomic E-state index is -1.04. The van der Waals surface area contributed by atoms with E-state index >= 15 is 0 Å². The zero-order valence-electron chi connectivity index (χ0n) is 21.7. The number of urea groups is 1. The van der Waals surface area contributed by atoms with Gasteiger partial charge in [0.2, 0.25) is 5.82 Å². The van der Waals surface area contributed by atoms with Gasteiger partial charge in [0.15, 0.2) is 0 Å². The van der Waals surface area contributed by atoms with Gasteiger partial charge in [-0.2, -0.15) is 5.26 Å². The molecule has 2 aromatic heterocycles. The van der Waals surface area contributed by atoms with Crippen molar-refractivity contribution in [1.29, 1.82) is 5.26 Å². The summed E-state index contributed by atoms with van der Waals surface area (Å²) in [5.74, 6) is -0.235. The Labute approximate surface area is 210 Å². The van der Waals surface area contributed by atoms with Crippen molar-refractivity contribution < 1.29 is 19.1 Å². The van der Waals surface area contributed by atoms with Gasteiger partial charge in [-0.1, -0.05) is 20.8 Å². The van der Waals surface area contributed by atoms with Gasteiger partial charge in [-0.05, 0) is 45.1 Å². The number of imide groups is 1. The smallest absolute Gasteiger partial charge is 0.410 e. The Bertz CT molecular complexity index is 1250. The molecule has 2 fully saturated rings. The van der Waals surface area contributed by atoms with E-state index in [0.29, 0.717) is 38.1 Å². The number of hydrogen-bond donors (Lipinski definition) is 1. The number of carbonyl (C=O) groups excluding carboxylic acids is 3. The third-order valence-electron chi connectivity index (χ3n) is 6.29. The van der Waals surface area contributed by atoms with Crippen LogP contribution in [0.2, 0.25) is 0 Å². The maximum atomic E-state index is 13.5. The summed E-state index contributed by atoms with van der Waals surface area (Å²) in [5, 5.41) is 12.9. The van der Waals surface area contributed by atoms with E-state index in [9.17, 15) is 19.6 Å². The van der Waals surface area contributed by atoms with Crippen LogP contribution >= 0.6 is 0 Å². The lowest BCUT2D eigenvalue weighted by Gasteiger charge is -2.37. The zero-order chi connectivity index (χ0) is 26.5. The molecule has 1 N–H and O–H groups in total. The number of carbonyl (C=O) groups is 3. The Morgan fingerprint density at radius 3 is 2.44 bits per heavy atom. The third kappa shape index (κ3) is 4.98. The van der Waals surface area contributed by atoms with Gasteiger partial charge in [0, 0.05) is 36.9 Å². The van der Waals surface area contributed by atoms with E-state index < -0.39 is 23.3 Å². The summed E-state index contributed by atoms with van der Waals surface area (Å²) in [4.78, 5) is 50.2. The Morgan fingerprint density at radius 2 is 1.86 bits per heavy atom.